The average molecular weight is 256 g/mol. The van der Waals surface area contributed by atoms with Gasteiger partial charge < -0.3 is 9.47 Å². The van der Waals surface area contributed by atoms with Crippen molar-refractivity contribution in [2.45, 2.75) is 85.5 Å². The molecule has 0 bridgehead atoms. The highest BCUT2D eigenvalue weighted by molar-refractivity contribution is 4.89. The molecule has 0 aliphatic carbocycles. The van der Waals surface area contributed by atoms with Gasteiger partial charge in [-0.2, -0.15) is 0 Å². The highest BCUT2D eigenvalue weighted by Crippen LogP contribution is 2.42. The third kappa shape index (κ3) is 3.71. The van der Waals surface area contributed by atoms with Gasteiger partial charge >= 0.3 is 0 Å². The average Bonchev–Trinajstić information content (AvgIpc) is 2.31. The minimum atomic E-state index is -0.320. The topological polar surface area (TPSA) is 18.5 Å². The Morgan fingerprint density at radius 1 is 1.17 bits per heavy atom. The summed E-state index contributed by atoms with van der Waals surface area (Å²) in [5, 5.41) is 0. The number of unbranched alkanes of at least 4 members (excludes halogenated alkanes) is 2. The molecule has 0 aromatic heterocycles. The zero-order chi connectivity index (χ0) is 13.8. The first-order chi connectivity index (χ1) is 8.37. The second kappa shape index (κ2) is 6.38. The van der Waals surface area contributed by atoms with E-state index < -0.39 is 0 Å². The van der Waals surface area contributed by atoms with E-state index in [-0.39, 0.29) is 11.2 Å². The van der Waals surface area contributed by atoms with Crippen LogP contribution in [0.3, 0.4) is 0 Å². The zero-order valence-electron chi connectivity index (χ0n) is 13.2. The Hall–Kier alpha value is -0.0800. The molecule has 1 heterocycles. The summed E-state index contributed by atoms with van der Waals surface area (Å²) in [5.74, 6) is 0.223. The number of hydrogen-bond donors (Lipinski definition) is 0. The van der Waals surface area contributed by atoms with E-state index in [0.717, 1.165) is 19.4 Å². The van der Waals surface area contributed by atoms with E-state index in [9.17, 15) is 0 Å². The van der Waals surface area contributed by atoms with Crippen LogP contribution in [0.5, 0.6) is 0 Å². The zero-order valence-corrected chi connectivity index (χ0v) is 13.2. The molecule has 0 spiro atoms. The van der Waals surface area contributed by atoms with Gasteiger partial charge in [-0.3, -0.25) is 0 Å². The van der Waals surface area contributed by atoms with Crippen molar-refractivity contribution in [1.82, 2.24) is 0 Å². The molecule has 0 N–H and O–H groups in total. The molecule has 0 aromatic rings. The van der Waals surface area contributed by atoms with E-state index in [2.05, 4.69) is 41.5 Å². The largest absolute Gasteiger partial charge is 0.349 e. The van der Waals surface area contributed by atoms with Gasteiger partial charge in [-0.1, -0.05) is 54.4 Å². The predicted molar refractivity (Wildman–Crippen MR) is 76.6 cm³/mol. The van der Waals surface area contributed by atoms with Crippen LogP contribution in [0, 0.1) is 11.3 Å². The molecule has 0 saturated carbocycles. The van der Waals surface area contributed by atoms with Crippen LogP contribution >= 0.6 is 0 Å². The van der Waals surface area contributed by atoms with Crippen LogP contribution in [0.2, 0.25) is 0 Å². The third-order valence-corrected chi connectivity index (χ3v) is 4.12. The lowest BCUT2D eigenvalue weighted by atomic mass is 9.79. The molecular weight excluding hydrogens is 224 g/mol. The van der Waals surface area contributed by atoms with Crippen LogP contribution in [-0.4, -0.2) is 18.5 Å². The van der Waals surface area contributed by atoms with Crippen LogP contribution in [0.15, 0.2) is 0 Å². The monoisotopic (exact) mass is 256 g/mol. The molecule has 1 saturated heterocycles. The maximum atomic E-state index is 6.42. The second-order valence-electron chi connectivity index (χ2n) is 6.78. The molecule has 1 fully saturated rings. The van der Waals surface area contributed by atoms with Crippen LogP contribution in [0.25, 0.3) is 0 Å². The lowest BCUT2D eigenvalue weighted by molar-refractivity contribution is -0.340. The number of ether oxygens (including phenoxy) is 2. The van der Waals surface area contributed by atoms with Crippen LogP contribution in [0.1, 0.15) is 73.6 Å². The predicted octanol–water partition coefficient (Wildman–Crippen LogP) is 4.77. The second-order valence-corrected chi connectivity index (χ2v) is 6.78. The van der Waals surface area contributed by atoms with E-state index in [4.69, 9.17) is 9.47 Å². The lowest BCUT2D eigenvalue weighted by Crippen LogP contribution is -2.54. The summed E-state index contributed by atoms with van der Waals surface area (Å²) in [4.78, 5) is 0. The van der Waals surface area contributed by atoms with E-state index in [1.807, 2.05) is 0 Å². The van der Waals surface area contributed by atoms with Crippen molar-refractivity contribution in [3.8, 4) is 0 Å². The quantitative estimate of drug-likeness (QED) is 0.637. The molecule has 0 amide bonds. The standard InChI is InChI=1S/C16H32O2/c1-7-9-10-11-16(8-2)17-12-15(5,6)14(18-16)13(3)4/h13-14H,7-12H2,1-6H3. The highest BCUT2D eigenvalue weighted by Gasteiger charge is 2.46. The first-order valence-electron chi connectivity index (χ1n) is 7.68. The van der Waals surface area contributed by atoms with E-state index in [1.165, 1.54) is 19.3 Å². The van der Waals surface area contributed by atoms with E-state index in [0.29, 0.717) is 12.0 Å². The van der Waals surface area contributed by atoms with Gasteiger partial charge in [0.25, 0.3) is 0 Å². The summed E-state index contributed by atoms with van der Waals surface area (Å²) in [6.07, 6.45) is 6.01. The fourth-order valence-corrected chi connectivity index (χ4v) is 3.00. The Balaban J connectivity index is 2.71. The van der Waals surface area contributed by atoms with Crippen molar-refractivity contribution in [3.63, 3.8) is 0 Å². The van der Waals surface area contributed by atoms with E-state index >= 15 is 0 Å². The molecule has 1 aliphatic rings. The van der Waals surface area contributed by atoms with Crippen molar-refractivity contribution in [3.05, 3.63) is 0 Å². The first-order valence-corrected chi connectivity index (χ1v) is 7.68. The summed E-state index contributed by atoms with van der Waals surface area (Å²) >= 11 is 0. The van der Waals surface area contributed by atoms with Crippen molar-refractivity contribution < 1.29 is 9.47 Å². The van der Waals surface area contributed by atoms with Crippen molar-refractivity contribution in [2.75, 3.05) is 6.61 Å². The normalized spacial score (nSPS) is 31.8. The molecule has 2 atom stereocenters. The van der Waals surface area contributed by atoms with Gasteiger partial charge in [-0.15, -0.1) is 0 Å². The van der Waals surface area contributed by atoms with Gasteiger partial charge in [0.2, 0.25) is 0 Å². The number of rotatable bonds is 6. The molecule has 18 heavy (non-hydrogen) atoms. The van der Waals surface area contributed by atoms with Gasteiger partial charge in [0.05, 0.1) is 12.7 Å². The Kier molecular flexibility index (Phi) is 5.67. The summed E-state index contributed by atoms with van der Waals surface area (Å²) < 4.78 is 12.6. The Bertz CT molecular complexity index is 247. The molecule has 108 valence electrons. The summed E-state index contributed by atoms with van der Waals surface area (Å²) in [5.41, 5.74) is 0.123. The molecule has 2 heteroatoms. The minimum Gasteiger partial charge on any atom is -0.349 e. The highest BCUT2D eigenvalue weighted by atomic mass is 16.7. The van der Waals surface area contributed by atoms with Crippen LogP contribution in [-0.2, 0) is 9.47 Å². The maximum absolute atomic E-state index is 6.42. The van der Waals surface area contributed by atoms with Gasteiger partial charge in [0.15, 0.2) is 5.79 Å². The molecule has 2 nitrogen and oxygen atoms in total. The van der Waals surface area contributed by atoms with Gasteiger partial charge in [0, 0.05) is 11.8 Å². The summed E-state index contributed by atoms with van der Waals surface area (Å²) in [6.45, 7) is 14.2. The minimum absolute atomic E-state index is 0.123. The smallest absolute Gasteiger partial charge is 0.168 e. The Morgan fingerprint density at radius 3 is 2.33 bits per heavy atom. The van der Waals surface area contributed by atoms with Gasteiger partial charge in [-0.25, -0.2) is 0 Å². The Morgan fingerprint density at radius 2 is 1.83 bits per heavy atom. The number of hydrogen-bond acceptors (Lipinski definition) is 2. The fourth-order valence-electron chi connectivity index (χ4n) is 3.00. The van der Waals surface area contributed by atoms with Crippen molar-refractivity contribution in [2.24, 2.45) is 11.3 Å². The molecule has 1 rings (SSSR count). The lowest BCUT2D eigenvalue weighted by Gasteiger charge is -2.50. The van der Waals surface area contributed by atoms with Crippen LogP contribution < -0.4 is 0 Å². The molecule has 1 aliphatic heterocycles. The SMILES string of the molecule is CCCCCC1(CC)OCC(C)(C)C(C(C)C)O1. The fraction of sp³-hybridized carbons (Fsp3) is 1.00. The summed E-state index contributed by atoms with van der Waals surface area (Å²) in [7, 11) is 0. The molecule has 0 aromatic carbocycles. The summed E-state index contributed by atoms with van der Waals surface area (Å²) in [6, 6.07) is 0. The van der Waals surface area contributed by atoms with Crippen molar-refractivity contribution in [1.29, 1.82) is 0 Å². The molecular formula is C16H32O2. The van der Waals surface area contributed by atoms with Crippen LogP contribution in [0.4, 0.5) is 0 Å². The van der Waals surface area contributed by atoms with Gasteiger partial charge in [-0.05, 0) is 18.8 Å². The third-order valence-electron chi connectivity index (χ3n) is 4.12. The van der Waals surface area contributed by atoms with Crippen molar-refractivity contribution >= 4 is 0 Å². The van der Waals surface area contributed by atoms with E-state index in [1.54, 1.807) is 0 Å². The van der Waals surface area contributed by atoms with Gasteiger partial charge in [0.1, 0.15) is 0 Å². The molecule has 2 unspecified atom stereocenters. The first kappa shape index (κ1) is 16.0. The Labute approximate surface area is 113 Å². The maximum Gasteiger partial charge on any atom is 0.168 e. The molecule has 0 radical (unpaired) electrons.